The van der Waals surface area contributed by atoms with Crippen molar-refractivity contribution in [1.82, 2.24) is 14.7 Å². The summed E-state index contributed by atoms with van der Waals surface area (Å²) in [4.78, 5) is 19.3. The van der Waals surface area contributed by atoms with E-state index in [0.717, 1.165) is 51.1 Å². The molecule has 0 N–H and O–H groups in total. The highest BCUT2D eigenvalue weighted by Gasteiger charge is 2.48. The average Bonchev–Trinajstić information content (AvgIpc) is 3.03. The maximum atomic E-state index is 12.4. The van der Waals surface area contributed by atoms with Crippen molar-refractivity contribution in [2.75, 3.05) is 53.4 Å². The molecule has 0 aromatic heterocycles. The van der Waals surface area contributed by atoms with E-state index in [4.69, 9.17) is 0 Å². The van der Waals surface area contributed by atoms with Crippen molar-refractivity contribution < 1.29 is 4.79 Å². The first-order chi connectivity index (χ1) is 9.13. The highest BCUT2D eigenvalue weighted by molar-refractivity contribution is 5.79. The Kier molecular flexibility index (Phi) is 3.81. The van der Waals surface area contributed by atoms with Gasteiger partial charge in [-0.15, -0.1) is 0 Å². The minimum atomic E-state index is 0.372. The molecule has 108 valence electrons. The van der Waals surface area contributed by atoms with E-state index >= 15 is 0 Å². The highest BCUT2D eigenvalue weighted by Crippen LogP contribution is 2.54. The Morgan fingerprint density at radius 3 is 2.26 bits per heavy atom. The minimum Gasteiger partial charge on any atom is -0.340 e. The normalized spacial score (nSPS) is 34.7. The minimum absolute atomic E-state index is 0.372. The molecule has 0 bridgehead atoms. The second-order valence-corrected chi connectivity index (χ2v) is 6.89. The van der Waals surface area contributed by atoms with Crippen LogP contribution in [0.1, 0.15) is 19.3 Å². The quantitative estimate of drug-likeness (QED) is 0.750. The van der Waals surface area contributed by atoms with Gasteiger partial charge in [-0.05, 0) is 45.2 Å². The zero-order valence-electron chi connectivity index (χ0n) is 12.3. The summed E-state index contributed by atoms with van der Waals surface area (Å²) < 4.78 is 0. The third-order valence-corrected chi connectivity index (χ3v) is 5.14. The molecule has 0 spiro atoms. The van der Waals surface area contributed by atoms with Crippen LogP contribution in [-0.2, 0) is 4.79 Å². The highest BCUT2D eigenvalue weighted by atomic mass is 16.2. The molecule has 1 heterocycles. The van der Waals surface area contributed by atoms with Crippen LogP contribution in [0, 0.1) is 17.8 Å². The van der Waals surface area contributed by atoms with Crippen LogP contribution in [0.15, 0.2) is 0 Å². The van der Waals surface area contributed by atoms with Gasteiger partial charge in [-0.1, -0.05) is 0 Å². The van der Waals surface area contributed by atoms with Gasteiger partial charge >= 0.3 is 0 Å². The molecule has 2 unspecified atom stereocenters. The van der Waals surface area contributed by atoms with Gasteiger partial charge in [0.1, 0.15) is 0 Å². The van der Waals surface area contributed by atoms with Gasteiger partial charge in [-0.25, -0.2) is 0 Å². The van der Waals surface area contributed by atoms with Crippen LogP contribution in [0.4, 0.5) is 0 Å². The Morgan fingerprint density at radius 2 is 1.68 bits per heavy atom. The van der Waals surface area contributed by atoms with Crippen LogP contribution in [-0.4, -0.2) is 74.0 Å². The van der Waals surface area contributed by atoms with Gasteiger partial charge in [0.2, 0.25) is 5.91 Å². The van der Waals surface area contributed by atoms with E-state index in [1.807, 2.05) is 0 Å². The summed E-state index contributed by atoms with van der Waals surface area (Å²) in [6.45, 7) is 6.23. The van der Waals surface area contributed by atoms with Gasteiger partial charge in [-0.3, -0.25) is 9.69 Å². The van der Waals surface area contributed by atoms with Crippen molar-refractivity contribution in [3.63, 3.8) is 0 Å². The number of likely N-dealkylation sites (N-methyl/N-ethyl adjacent to an activating group) is 1. The molecule has 19 heavy (non-hydrogen) atoms. The molecule has 3 rings (SSSR count). The lowest BCUT2D eigenvalue weighted by Crippen LogP contribution is -2.51. The molecule has 2 atom stereocenters. The summed E-state index contributed by atoms with van der Waals surface area (Å²) in [5.74, 6) is 2.65. The first-order valence-corrected chi connectivity index (χ1v) is 7.79. The summed E-state index contributed by atoms with van der Waals surface area (Å²) in [6.07, 6.45) is 3.77. The van der Waals surface area contributed by atoms with Crippen LogP contribution >= 0.6 is 0 Å². The third-order valence-electron chi connectivity index (χ3n) is 5.14. The average molecular weight is 265 g/mol. The van der Waals surface area contributed by atoms with Crippen molar-refractivity contribution >= 4 is 5.91 Å². The molecule has 0 aromatic carbocycles. The molecule has 0 aromatic rings. The SMILES string of the molecule is CN(C)CCN1CCN(C(=O)C2CC3CC3C2)CC1. The number of nitrogens with zero attached hydrogens (tertiary/aromatic N) is 3. The van der Waals surface area contributed by atoms with Gasteiger partial charge in [0, 0.05) is 45.2 Å². The van der Waals surface area contributed by atoms with Gasteiger partial charge in [0.25, 0.3) is 0 Å². The Bertz CT molecular complexity index is 326. The molecule has 1 aliphatic heterocycles. The van der Waals surface area contributed by atoms with Crippen LogP contribution in [0.2, 0.25) is 0 Å². The number of piperazine rings is 1. The van der Waals surface area contributed by atoms with E-state index in [1.165, 1.54) is 19.3 Å². The van der Waals surface area contributed by atoms with Gasteiger partial charge in [0.05, 0.1) is 0 Å². The molecule has 1 amide bonds. The summed E-state index contributed by atoms with van der Waals surface area (Å²) in [6, 6.07) is 0. The molecule has 1 saturated heterocycles. The fourth-order valence-corrected chi connectivity index (χ4v) is 3.71. The van der Waals surface area contributed by atoms with Crippen molar-refractivity contribution in [3.8, 4) is 0 Å². The molecule has 2 aliphatic carbocycles. The zero-order chi connectivity index (χ0) is 13.4. The first kappa shape index (κ1) is 13.4. The number of hydrogen-bond donors (Lipinski definition) is 0. The maximum absolute atomic E-state index is 12.4. The number of carbonyl (C=O) groups is 1. The summed E-state index contributed by atoms with van der Waals surface area (Å²) in [5, 5.41) is 0. The fourth-order valence-electron chi connectivity index (χ4n) is 3.71. The largest absolute Gasteiger partial charge is 0.340 e. The molecule has 0 radical (unpaired) electrons. The smallest absolute Gasteiger partial charge is 0.225 e. The van der Waals surface area contributed by atoms with E-state index in [2.05, 4.69) is 28.8 Å². The van der Waals surface area contributed by atoms with Crippen LogP contribution in [0.3, 0.4) is 0 Å². The molecule has 3 aliphatic rings. The Morgan fingerprint density at radius 1 is 1.05 bits per heavy atom. The van der Waals surface area contributed by atoms with Gasteiger partial charge < -0.3 is 9.80 Å². The zero-order valence-corrected chi connectivity index (χ0v) is 12.3. The lowest BCUT2D eigenvalue weighted by Gasteiger charge is -2.36. The summed E-state index contributed by atoms with van der Waals surface area (Å²) in [7, 11) is 4.23. The second kappa shape index (κ2) is 5.41. The monoisotopic (exact) mass is 265 g/mol. The van der Waals surface area contributed by atoms with Crippen LogP contribution in [0.25, 0.3) is 0 Å². The molecule has 3 fully saturated rings. The van der Waals surface area contributed by atoms with Crippen LogP contribution < -0.4 is 0 Å². The predicted octanol–water partition coefficient (Wildman–Crippen LogP) is 0.738. The van der Waals surface area contributed by atoms with E-state index in [1.54, 1.807) is 0 Å². The number of amides is 1. The first-order valence-electron chi connectivity index (χ1n) is 7.79. The van der Waals surface area contributed by atoms with E-state index in [0.29, 0.717) is 11.8 Å². The van der Waals surface area contributed by atoms with Crippen molar-refractivity contribution in [3.05, 3.63) is 0 Å². The Labute approximate surface area is 116 Å². The second-order valence-electron chi connectivity index (χ2n) is 6.89. The standard InChI is InChI=1S/C15H27N3O/c1-16(2)3-4-17-5-7-18(8-6-17)15(19)14-10-12-9-13(12)11-14/h12-14H,3-11H2,1-2H3. The molecular weight excluding hydrogens is 238 g/mol. The molecule has 4 heteroatoms. The number of fused-ring (bicyclic) bond motifs is 1. The maximum Gasteiger partial charge on any atom is 0.225 e. The van der Waals surface area contributed by atoms with Gasteiger partial charge in [-0.2, -0.15) is 0 Å². The lowest BCUT2D eigenvalue weighted by atomic mass is 10.0. The summed E-state index contributed by atoms with van der Waals surface area (Å²) in [5.41, 5.74) is 0. The van der Waals surface area contributed by atoms with E-state index in [9.17, 15) is 4.79 Å². The van der Waals surface area contributed by atoms with Crippen molar-refractivity contribution in [2.24, 2.45) is 17.8 Å². The van der Waals surface area contributed by atoms with Crippen molar-refractivity contribution in [1.29, 1.82) is 0 Å². The molecule has 4 nitrogen and oxygen atoms in total. The third kappa shape index (κ3) is 3.11. The Balaban J connectivity index is 1.41. The molecule has 2 saturated carbocycles. The molecular formula is C15H27N3O. The lowest BCUT2D eigenvalue weighted by molar-refractivity contribution is -0.137. The van der Waals surface area contributed by atoms with E-state index in [-0.39, 0.29) is 0 Å². The fraction of sp³-hybridized carbons (Fsp3) is 0.933. The number of hydrogen-bond acceptors (Lipinski definition) is 3. The van der Waals surface area contributed by atoms with Crippen LogP contribution in [0.5, 0.6) is 0 Å². The van der Waals surface area contributed by atoms with E-state index < -0.39 is 0 Å². The summed E-state index contributed by atoms with van der Waals surface area (Å²) >= 11 is 0. The predicted molar refractivity (Wildman–Crippen MR) is 75.9 cm³/mol. The number of carbonyl (C=O) groups excluding carboxylic acids is 1. The van der Waals surface area contributed by atoms with Crippen molar-refractivity contribution in [2.45, 2.75) is 19.3 Å². The van der Waals surface area contributed by atoms with Gasteiger partial charge in [0.15, 0.2) is 0 Å². The Hall–Kier alpha value is -0.610. The number of rotatable bonds is 4. The topological polar surface area (TPSA) is 26.8 Å².